The fourth-order valence-corrected chi connectivity index (χ4v) is 4.25. The van der Waals surface area contributed by atoms with E-state index in [1.165, 1.54) is 0 Å². The molecule has 0 aliphatic heterocycles. The standard InChI is InChI=1S/C13H13F3N2O2S/c14-13(15,16)9-1-2-11(10(18)7-9)21(19,20)8-12(3-4-12)5-6-17/h1-2,7H,3-5,8,18H2. The number of rotatable bonds is 4. The molecule has 1 aromatic carbocycles. The zero-order valence-electron chi connectivity index (χ0n) is 10.9. The van der Waals surface area contributed by atoms with Gasteiger partial charge in [-0.2, -0.15) is 18.4 Å². The molecule has 2 N–H and O–H groups in total. The second-order valence-corrected chi connectivity index (χ2v) is 7.30. The molecule has 21 heavy (non-hydrogen) atoms. The van der Waals surface area contributed by atoms with Gasteiger partial charge in [0.15, 0.2) is 9.84 Å². The summed E-state index contributed by atoms with van der Waals surface area (Å²) >= 11 is 0. The van der Waals surface area contributed by atoms with E-state index in [1.807, 2.05) is 6.07 Å². The maximum Gasteiger partial charge on any atom is 0.416 e. The van der Waals surface area contributed by atoms with Crippen molar-refractivity contribution in [2.75, 3.05) is 11.5 Å². The predicted molar refractivity (Wildman–Crippen MR) is 69.8 cm³/mol. The van der Waals surface area contributed by atoms with Gasteiger partial charge in [-0.1, -0.05) is 0 Å². The molecule has 114 valence electrons. The number of hydrogen-bond acceptors (Lipinski definition) is 4. The smallest absolute Gasteiger partial charge is 0.398 e. The summed E-state index contributed by atoms with van der Waals surface area (Å²) in [4.78, 5) is -0.306. The van der Waals surface area contributed by atoms with E-state index in [2.05, 4.69) is 0 Å². The maximum atomic E-state index is 12.5. The lowest BCUT2D eigenvalue weighted by atomic mass is 10.1. The van der Waals surface area contributed by atoms with Crippen molar-refractivity contribution in [2.24, 2.45) is 5.41 Å². The first kappa shape index (κ1) is 15.6. The number of alkyl halides is 3. The van der Waals surface area contributed by atoms with Gasteiger partial charge in [0.2, 0.25) is 0 Å². The summed E-state index contributed by atoms with van der Waals surface area (Å²) in [7, 11) is -3.81. The van der Waals surface area contributed by atoms with E-state index in [0.29, 0.717) is 25.0 Å². The van der Waals surface area contributed by atoms with E-state index < -0.39 is 32.7 Å². The van der Waals surface area contributed by atoms with Gasteiger partial charge in [0.25, 0.3) is 0 Å². The third-order valence-electron chi connectivity index (χ3n) is 3.58. The molecule has 0 saturated heterocycles. The predicted octanol–water partition coefficient (Wildman–Crippen LogP) is 2.76. The summed E-state index contributed by atoms with van der Waals surface area (Å²) in [6.07, 6.45) is -3.21. The normalized spacial score (nSPS) is 17.2. The Hall–Kier alpha value is -1.75. The lowest BCUT2D eigenvalue weighted by molar-refractivity contribution is -0.137. The molecule has 0 amide bonds. The van der Waals surface area contributed by atoms with Gasteiger partial charge in [-0.05, 0) is 36.5 Å². The van der Waals surface area contributed by atoms with Gasteiger partial charge in [-0.3, -0.25) is 0 Å². The number of hydrogen-bond donors (Lipinski definition) is 1. The SMILES string of the molecule is N#CCC1(CS(=O)(=O)c2ccc(C(F)(F)F)cc2N)CC1. The third-order valence-corrected chi connectivity index (χ3v) is 5.61. The number of nitrogens with two attached hydrogens (primary N) is 1. The highest BCUT2D eigenvalue weighted by molar-refractivity contribution is 7.91. The van der Waals surface area contributed by atoms with E-state index >= 15 is 0 Å². The molecule has 0 atom stereocenters. The average molecular weight is 318 g/mol. The molecule has 4 nitrogen and oxygen atoms in total. The van der Waals surface area contributed by atoms with Crippen molar-refractivity contribution in [1.29, 1.82) is 5.26 Å². The summed E-state index contributed by atoms with van der Waals surface area (Å²) < 4.78 is 62.2. The summed E-state index contributed by atoms with van der Waals surface area (Å²) in [5.74, 6) is -0.261. The van der Waals surface area contributed by atoms with Crippen LogP contribution in [0.1, 0.15) is 24.8 Å². The van der Waals surface area contributed by atoms with Crippen molar-refractivity contribution in [3.63, 3.8) is 0 Å². The second-order valence-electron chi connectivity index (χ2n) is 5.34. The van der Waals surface area contributed by atoms with E-state index in [0.717, 1.165) is 6.07 Å². The van der Waals surface area contributed by atoms with Crippen molar-refractivity contribution in [2.45, 2.75) is 30.3 Å². The molecule has 0 spiro atoms. The van der Waals surface area contributed by atoms with Crippen LogP contribution in [0, 0.1) is 16.7 Å². The van der Waals surface area contributed by atoms with Gasteiger partial charge in [0, 0.05) is 6.42 Å². The molecule has 0 radical (unpaired) electrons. The zero-order valence-corrected chi connectivity index (χ0v) is 11.8. The number of nitriles is 1. The number of sulfone groups is 1. The van der Waals surface area contributed by atoms with Gasteiger partial charge in [0.1, 0.15) is 0 Å². The summed E-state index contributed by atoms with van der Waals surface area (Å²) in [6.45, 7) is 0. The second kappa shape index (κ2) is 4.91. The zero-order chi connectivity index (χ0) is 15.9. The van der Waals surface area contributed by atoms with Crippen molar-refractivity contribution in [3.8, 4) is 6.07 Å². The van der Waals surface area contributed by atoms with E-state index in [9.17, 15) is 21.6 Å². The van der Waals surface area contributed by atoms with Crippen LogP contribution in [0.15, 0.2) is 23.1 Å². The Bertz CT molecular complexity index is 701. The lowest BCUT2D eigenvalue weighted by Crippen LogP contribution is -2.19. The Morgan fingerprint density at radius 1 is 1.33 bits per heavy atom. The van der Waals surface area contributed by atoms with Crippen molar-refractivity contribution < 1.29 is 21.6 Å². The first-order valence-electron chi connectivity index (χ1n) is 6.16. The van der Waals surface area contributed by atoms with E-state index in [4.69, 9.17) is 11.0 Å². The molecule has 1 fully saturated rings. The highest BCUT2D eigenvalue weighted by atomic mass is 32.2. The van der Waals surface area contributed by atoms with Gasteiger partial charge in [0.05, 0.1) is 28.0 Å². The van der Waals surface area contributed by atoms with Crippen LogP contribution in [0.5, 0.6) is 0 Å². The highest BCUT2D eigenvalue weighted by Gasteiger charge is 2.46. The summed E-state index contributed by atoms with van der Waals surface area (Å²) in [5.41, 5.74) is 3.50. The molecule has 0 bridgehead atoms. The van der Waals surface area contributed by atoms with Crippen LogP contribution in [0.4, 0.5) is 18.9 Å². The molecule has 1 aromatic rings. The van der Waals surface area contributed by atoms with Gasteiger partial charge in [-0.25, -0.2) is 8.42 Å². The van der Waals surface area contributed by atoms with Crippen LogP contribution in [0.2, 0.25) is 0 Å². The maximum absolute atomic E-state index is 12.5. The van der Waals surface area contributed by atoms with Crippen LogP contribution < -0.4 is 5.73 Å². The first-order valence-corrected chi connectivity index (χ1v) is 7.81. The summed E-state index contributed by atoms with van der Waals surface area (Å²) in [6, 6.07) is 4.15. The van der Waals surface area contributed by atoms with E-state index in [-0.39, 0.29) is 17.1 Å². The highest BCUT2D eigenvalue weighted by Crippen LogP contribution is 2.50. The Morgan fingerprint density at radius 2 is 1.95 bits per heavy atom. The van der Waals surface area contributed by atoms with Crippen LogP contribution >= 0.6 is 0 Å². The Balaban J connectivity index is 2.32. The quantitative estimate of drug-likeness (QED) is 0.865. The largest absolute Gasteiger partial charge is 0.416 e. The minimum absolute atomic E-state index is 0.118. The lowest BCUT2D eigenvalue weighted by Gasteiger charge is -2.14. The number of benzene rings is 1. The number of nitrogen functional groups attached to an aromatic ring is 1. The van der Waals surface area contributed by atoms with Crippen molar-refractivity contribution in [3.05, 3.63) is 23.8 Å². The van der Waals surface area contributed by atoms with Crippen LogP contribution in [0.25, 0.3) is 0 Å². The number of halogens is 3. The third kappa shape index (κ3) is 3.29. The molecule has 1 aliphatic carbocycles. The van der Waals surface area contributed by atoms with Gasteiger partial charge >= 0.3 is 6.18 Å². The molecule has 0 unspecified atom stereocenters. The molecule has 1 saturated carbocycles. The minimum atomic E-state index is -4.57. The van der Waals surface area contributed by atoms with Gasteiger partial charge < -0.3 is 5.73 Å². The molecular weight excluding hydrogens is 305 g/mol. The summed E-state index contributed by atoms with van der Waals surface area (Å²) in [5, 5.41) is 8.70. The van der Waals surface area contributed by atoms with Crippen molar-refractivity contribution >= 4 is 15.5 Å². The van der Waals surface area contributed by atoms with Crippen LogP contribution in [0.3, 0.4) is 0 Å². The topological polar surface area (TPSA) is 84.0 Å². The van der Waals surface area contributed by atoms with Crippen molar-refractivity contribution in [1.82, 2.24) is 0 Å². The molecule has 1 aliphatic rings. The Morgan fingerprint density at radius 3 is 2.38 bits per heavy atom. The fraction of sp³-hybridized carbons (Fsp3) is 0.462. The molecule has 0 aromatic heterocycles. The van der Waals surface area contributed by atoms with E-state index in [1.54, 1.807) is 0 Å². The number of nitrogens with zero attached hydrogens (tertiary/aromatic N) is 1. The fourth-order valence-electron chi connectivity index (χ4n) is 2.21. The van der Waals surface area contributed by atoms with Gasteiger partial charge in [-0.15, -0.1) is 0 Å². The molecular formula is C13H13F3N2O2S. The first-order chi connectivity index (χ1) is 9.60. The molecule has 0 heterocycles. The van der Waals surface area contributed by atoms with Crippen LogP contribution in [-0.4, -0.2) is 14.2 Å². The molecule has 2 rings (SSSR count). The Labute approximate surface area is 120 Å². The number of anilines is 1. The minimum Gasteiger partial charge on any atom is -0.398 e. The average Bonchev–Trinajstić information content (AvgIpc) is 3.06. The van der Waals surface area contributed by atoms with Crippen LogP contribution in [-0.2, 0) is 16.0 Å². The Kier molecular flexibility index (Phi) is 3.66. The monoisotopic (exact) mass is 318 g/mol. The molecule has 8 heteroatoms.